The van der Waals surface area contributed by atoms with Crippen LogP contribution in [0.2, 0.25) is 0 Å². The highest BCUT2D eigenvalue weighted by atomic mass is 16.3. The molecule has 0 aliphatic carbocycles. The van der Waals surface area contributed by atoms with Crippen LogP contribution in [0.4, 0.5) is 5.69 Å². The van der Waals surface area contributed by atoms with Gasteiger partial charge in [0.25, 0.3) is 0 Å². The average Bonchev–Trinajstić information content (AvgIpc) is 2.43. The number of carbonyl (C=O) groups is 2. The molecule has 2 amide bonds. The number of aliphatic hydroxyl groups excluding tert-OH is 1. The Labute approximate surface area is 125 Å². The van der Waals surface area contributed by atoms with E-state index in [-0.39, 0.29) is 12.0 Å². The highest BCUT2D eigenvalue weighted by Crippen LogP contribution is 2.18. The van der Waals surface area contributed by atoms with Crippen molar-refractivity contribution in [2.45, 2.75) is 40.2 Å². The van der Waals surface area contributed by atoms with Crippen LogP contribution in [-0.4, -0.2) is 29.6 Å². The van der Waals surface area contributed by atoms with E-state index < -0.39 is 17.9 Å². The monoisotopic (exact) mass is 292 g/mol. The molecule has 0 saturated heterocycles. The predicted octanol–water partition coefficient (Wildman–Crippen LogP) is 1.71. The summed E-state index contributed by atoms with van der Waals surface area (Å²) in [6.07, 6.45) is 0.144. The highest BCUT2D eigenvalue weighted by Gasteiger charge is 2.23. The first-order chi connectivity index (χ1) is 9.74. The van der Waals surface area contributed by atoms with Gasteiger partial charge in [0.2, 0.25) is 0 Å². The third-order valence-corrected chi connectivity index (χ3v) is 3.25. The SMILES string of the molecule is CCc1cccc(NC(=O)C(=O)NCC(O)C(C)(C)C)c1. The second kappa shape index (κ2) is 7.22. The van der Waals surface area contributed by atoms with E-state index in [1.165, 1.54) is 0 Å². The fourth-order valence-electron chi connectivity index (χ4n) is 1.63. The molecule has 0 aliphatic rings. The number of hydrogen-bond donors (Lipinski definition) is 3. The van der Waals surface area contributed by atoms with E-state index >= 15 is 0 Å². The minimum Gasteiger partial charge on any atom is -0.391 e. The molecular weight excluding hydrogens is 268 g/mol. The smallest absolute Gasteiger partial charge is 0.313 e. The summed E-state index contributed by atoms with van der Waals surface area (Å²) in [5, 5.41) is 14.8. The molecule has 0 radical (unpaired) electrons. The van der Waals surface area contributed by atoms with Crippen LogP contribution in [0.3, 0.4) is 0 Å². The molecule has 0 heterocycles. The number of anilines is 1. The van der Waals surface area contributed by atoms with Gasteiger partial charge in [-0.2, -0.15) is 0 Å². The standard InChI is InChI=1S/C16H24N2O3/c1-5-11-7-6-8-12(9-11)18-15(21)14(20)17-10-13(19)16(2,3)4/h6-9,13,19H,5,10H2,1-4H3,(H,17,20)(H,18,21). The van der Waals surface area contributed by atoms with Gasteiger partial charge in [-0.1, -0.05) is 39.8 Å². The molecule has 21 heavy (non-hydrogen) atoms. The molecule has 3 N–H and O–H groups in total. The van der Waals surface area contributed by atoms with Crippen LogP contribution in [0.15, 0.2) is 24.3 Å². The largest absolute Gasteiger partial charge is 0.391 e. The van der Waals surface area contributed by atoms with Crippen LogP contribution in [0.25, 0.3) is 0 Å². The lowest BCUT2D eigenvalue weighted by Gasteiger charge is -2.25. The number of hydrogen-bond acceptors (Lipinski definition) is 3. The second-order valence-corrected chi connectivity index (χ2v) is 6.10. The summed E-state index contributed by atoms with van der Waals surface area (Å²) in [7, 11) is 0. The van der Waals surface area contributed by atoms with Crippen molar-refractivity contribution in [2.75, 3.05) is 11.9 Å². The topological polar surface area (TPSA) is 78.4 Å². The molecule has 0 bridgehead atoms. The number of rotatable bonds is 4. The van der Waals surface area contributed by atoms with Crippen LogP contribution < -0.4 is 10.6 Å². The Bertz CT molecular complexity index is 506. The molecule has 0 spiro atoms. The van der Waals surface area contributed by atoms with Gasteiger partial charge in [0.05, 0.1) is 6.10 Å². The maximum atomic E-state index is 11.8. The van der Waals surface area contributed by atoms with Crippen molar-refractivity contribution in [1.29, 1.82) is 0 Å². The molecule has 0 saturated carbocycles. The summed E-state index contributed by atoms with van der Waals surface area (Å²) in [6.45, 7) is 7.65. The summed E-state index contributed by atoms with van der Waals surface area (Å²) >= 11 is 0. The van der Waals surface area contributed by atoms with Crippen molar-refractivity contribution >= 4 is 17.5 Å². The molecule has 0 fully saturated rings. The van der Waals surface area contributed by atoms with E-state index in [1.807, 2.05) is 45.9 Å². The third kappa shape index (κ3) is 5.55. The number of aliphatic hydroxyl groups is 1. The Kier molecular flexibility index (Phi) is 5.90. The normalized spacial score (nSPS) is 12.6. The number of amides is 2. The van der Waals surface area contributed by atoms with Gasteiger partial charge >= 0.3 is 11.8 Å². The van der Waals surface area contributed by atoms with Gasteiger partial charge < -0.3 is 15.7 Å². The number of aryl methyl sites for hydroxylation is 1. The number of nitrogens with one attached hydrogen (secondary N) is 2. The fraction of sp³-hybridized carbons (Fsp3) is 0.500. The predicted molar refractivity (Wildman–Crippen MR) is 82.9 cm³/mol. The van der Waals surface area contributed by atoms with Crippen LogP contribution in [0, 0.1) is 5.41 Å². The van der Waals surface area contributed by atoms with Crippen molar-refractivity contribution in [2.24, 2.45) is 5.41 Å². The first-order valence-corrected chi connectivity index (χ1v) is 7.10. The van der Waals surface area contributed by atoms with Crippen molar-refractivity contribution in [3.63, 3.8) is 0 Å². The number of benzene rings is 1. The molecule has 1 aromatic carbocycles. The minimum atomic E-state index is -0.750. The van der Waals surface area contributed by atoms with Crippen LogP contribution in [0.1, 0.15) is 33.3 Å². The second-order valence-electron chi connectivity index (χ2n) is 6.10. The van der Waals surface area contributed by atoms with Crippen LogP contribution in [0.5, 0.6) is 0 Å². The zero-order chi connectivity index (χ0) is 16.0. The summed E-state index contributed by atoms with van der Waals surface area (Å²) in [6, 6.07) is 7.34. The van der Waals surface area contributed by atoms with Crippen molar-refractivity contribution < 1.29 is 14.7 Å². The third-order valence-electron chi connectivity index (χ3n) is 3.25. The summed E-state index contributed by atoms with van der Waals surface area (Å²) in [4.78, 5) is 23.5. The minimum absolute atomic E-state index is 0.0464. The van der Waals surface area contributed by atoms with Gasteiger partial charge in [0, 0.05) is 12.2 Å². The summed E-state index contributed by atoms with van der Waals surface area (Å²) in [5.41, 5.74) is 1.32. The molecule has 0 aromatic heterocycles. The van der Waals surface area contributed by atoms with Gasteiger partial charge in [-0.25, -0.2) is 0 Å². The molecular formula is C16H24N2O3. The quantitative estimate of drug-likeness (QED) is 0.739. The van der Waals surface area contributed by atoms with Gasteiger partial charge in [-0.3, -0.25) is 9.59 Å². The van der Waals surface area contributed by atoms with Gasteiger partial charge in [0.1, 0.15) is 0 Å². The Morgan fingerprint density at radius 2 is 1.90 bits per heavy atom. The number of carbonyl (C=O) groups excluding carboxylic acids is 2. The van der Waals surface area contributed by atoms with Crippen LogP contribution >= 0.6 is 0 Å². The Hall–Kier alpha value is -1.88. The lowest BCUT2D eigenvalue weighted by Crippen LogP contribution is -2.43. The Morgan fingerprint density at radius 3 is 2.48 bits per heavy atom. The summed E-state index contributed by atoms with van der Waals surface area (Å²) in [5.74, 6) is -1.48. The van der Waals surface area contributed by atoms with Gasteiger partial charge in [-0.15, -0.1) is 0 Å². The lowest BCUT2D eigenvalue weighted by atomic mass is 9.89. The first kappa shape index (κ1) is 17.2. The zero-order valence-corrected chi connectivity index (χ0v) is 13.1. The molecule has 1 rings (SSSR count). The molecule has 116 valence electrons. The highest BCUT2D eigenvalue weighted by molar-refractivity contribution is 6.39. The Morgan fingerprint density at radius 1 is 1.24 bits per heavy atom. The van der Waals surface area contributed by atoms with E-state index in [0.717, 1.165) is 12.0 Å². The van der Waals surface area contributed by atoms with Crippen molar-refractivity contribution in [1.82, 2.24) is 5.32 Å². The first-order valence-electron chi connectivity index (χ1n) is 7.10. The van der Waals surface area contributed by atoms with E-state index in [9.17, 15) is 14.7 Å². The molecule has 5 heteroatoms. The maximum absolute atomic E-state index is 11.8. The van der Waals surface area contributed by atoms with Crippen molar-refractivity contribution in [3.05, 3.63) is 29.8 Å². The summed E-state index contributed by atoms with van der Waals surface area (Å²) < 4.78 is 0. The molecule has 0 aliphatic heterocycles. The Balaban J connectivity index is 2.53. The zero-order valence-electron chi connectivity index (χ0n) is 13.1. The van der Waals surface area contributed by atoms with Gasteiger partial charge in [-0.05, 0) is 29.5 Å². The molecule has 1 aromatic rings. The lowest BCUT2D eigenvalue weighted by molar-refractivity contribution is -0.136. The van der Waals surface area contributed by atoms with E-state index in [2.05, 4.69) is 10.6 Å². The van der Waals surface area contributed by atoms with E-state index in [0.29, 0.717) is 5.69 Å². The van der Waals surface area contributed by atoms with Crippen LogP contribution in [-0.2, 0) is 16.0 Å². The van der Waals surface area contributed by atoms with Gasteiger partial charge in [0.15, 0.2) is 0 Å². The molecule has 5 nitrogen and oxygen atoms in total. The van der Waals surface area contributed by atoms with E-state index in [4.69, 9.17) is 0 Å². The molecule has 1 unspecified atom stereocenters. The van der Waals surface area contributed by atoms with E-state index in [1.54, 1.807) is 6.07 Å². The maximum Gasteiger partial charge on any atom is 0.313 e. The fourth-order valence-corrected chi connectivity index (χ4v) is 1.63. The average molecular weight is 292 g/mol. The van der Waals surface area contributed by atoms with Crippen molar-refractivity contribution in [3.8, 4) is 0 Å². The molecule has 1 atom stereocenters.